The third-order valence-electron chi connectivity index (χ3n) is 7.08. The van der Waals surface area contributed by atoms with E-state index in [1.807, 2.05) is 6.07 Å². The van der Waals surface area contributed by atoms with Gasteiger partial charge in [-0.2, -0.15) is 0 Å². The van der Waals surface area contributed by atoms with Crippen LogP contribution in [0, 0.1) is 6.92 Å². The van der Waals surface area contributed by atoms with Crippen LogP contribution in [0.4, 0.5) is 0 Å². The fourth-order valence-corrected chi connectivity index (χ4v) is 5.00. The Morgan fingerprint density at radius 1 is 1.07 bits per heavy atom. The monoisotopic (exact) mass is 389 g/mol. The number of carbonyl (C=O) groups is 1. The lowest BCUT2D eigenvalue weighted by Crippen LogP contribution is -2.34. The normalized spacial score (nSPS) is 22.1. The number of aryl methyl sites for hydroxylation is 1. The van der Waals surface area contributed by atoms with Crippen LogP contribution in [0.5, 0.6) is 0 Å². The lowest BCUT2D eigenvalue weighted by atomic mass is 9.62. The highest BCUT2D eigenvalue weighted by Crippen LogP contribution is 2.48. The van der Waals surface area contributed by atoms with E-state index in [2.05, 4.69) is 57.8 Å². The van der Waals surface area contributed by atoms with Gasteiger partial charge in [-0.3, -0.25) is 4.98 Å². The van der Waals surface area contributed by atoms with E-state index in [9.17, 15) is 4.79 Å². The molecule has 4 rings (SSSR count). The summed E-state index contributed by atoms with van der Waals surface area (Å²) in [6.07, 6.45) is 8.33. The Labute approximate surface area is 173 Å². The van der Waals surface area contributed by atoms with Crippen LogP contribution in [0.2, 0.25) is 0 Å². The Kier molecular flexibility index (Phi) is 4.68. The van der Waals surface area contributed by atoms with Gasteiger partial charge >= 0.3 is 5.97 Å². The molecule has 2 aromatic rings. The van der Waals surface area contributed by atoms with Crippen molar-refractivity contribution in [1.29, 1.82) is 0 Å². The first-order valence-electron chi connectivity index (χ1n) is 10.6. The molecule has 0 bridgehead atoms. The summed E-state index contributed by atoms with van der Waals surface area (Å²) in [7, 11) is 0. The summed E-state index contributed by atoms with van der Waals surface area (Å²) in [6, 6.07) is 8.41. The van der Waals surface area contributed by atoms with Crippen LogP contribution in [0.25, 0.3) is 5.57 Å². The first-order valence-corrected chi connectivity index (χ1v) is 10.6. The highest BCUT2D eigenvalue weighted by atomic mass is 16.4. The molecule has 29 heavy (non-hydrogen) atoms. The number of rotatable bonds is 3. The third-order valence-corrected chi connectivity index (χ3v) is 7.08. The topological polar surface area (TPSA) is 50.2 Å². The molecule has 1 unspecified atom stereocenters. The lowest BCUT2D eigenvalue weighted by molar-refractivity contribution is 0.0696. The molecule has 152 valence electrons. The number of carboxylic acids is 1. The van der Waals surface area contributed by atoms with Gasteiger partial charge < -0.3 is 5.11 Å². The van der Waals surface area contributed by atoms with Crippen LogP contribution in [-0.4, -0.2) is 16.1 Å². The Morgan fingerprint density at radius 3 is 2.31 bits per heavy atom. The number of aromatic carboxylic acids is 1. The maximum Gasteiger partial charge on any atom is 0.337 e. The number of carboxylic acid groups (broad SMARTS) is 1. The number of pyridine rings is 1. The molecule has 0 saturated heterocycles. The molecule has 0 aliphatic heterocycles. The van der Waals surface area contributed by atoms with Gasteiger partial charge in [-0.15, -0.1) is 0 Å². The molecular formula is C26H31NO2. The van der Waals surface area contributed by atoms with Crippen molar-refractivity contribution in [3.8, 4) is 0 Å². The average molecular weight is 390 g/mol. The molecular weight excluding hydrogens is 358 g/mol. The van der Waals surface area contributed by atoms with Crippen molar-refractivity contribution in [2.75, 3.05) is 0 Å². The second kappa shape index (κ2) is 6.83. The minimum absolute atomic E-state index is 0.208. The molecule has 2 aliphatic carbocycles. The zero-order valence-electron chi connectivity index (χ0n) is 18.2. The fourth-order valence-electron chi connectivity index (χ4n) is 5.00. The van der Waals surface area contributed by atoms with Crippen LogP contribution in [0.15, 0.2) is 36.5 Å². The molecule has 0 spiro atoms. The molecule has 0 saturated carbocycles. The SMILES string of the molecule is Cc1cc2c(cc1C1=CC(c3ccc(C(=O)O)cn3)CC1)C(C)(C)CCC2(C)C. The van der Waals surface area contributed by atoms with Crippen molar-refractivity contribution < 1.29 is 9.90 Å². The average Bonchev–Trinajstić information content (AvgIpc) is 3.15. The van der Waals surface area contributed by atoms with Gasteiger partial charge in [0.2, 0.25) is 0 Å². The fraction of sp³-hybridized carbons (Fsp3) is 0.462. The zero-order chi connectivity index (χ0) is 21.0. The van der Waals surface area contributed by atoms with Crippen LogP contribution < -0.4 is 0 Å². The summed E-state index contributed by atoms with van der Waals surface area (Å²) >= 11 is 0. The van der Waals surface area contributed by atoms with Crippen LogP contribution in [0.3, 0.4) is 0 Å². The Morgan fingerprint density at radius 2 is 1.72 bits per heavy atom. The summed E-state index contributed by atoms with van der Waals surface area (Å²) < 4.78 is 0. The van der Waals surface area contributed by atoms with E-state index in [-0.39, 0.29) is 22.3 Å². The van der Waals surface area contributed by atoms with Crippen molar-refractivity contribution in [2.45, 2.75) is 77.0 Å². The minimum Gasteiger partial charge on any atom is -0.478 e. The third kappa shape index (κ3) is 3.52. The number of benzene rings is 1. The summed E-state index contributed by atoms with van der Waals surface area (Å²) in [5.74, 6) is -0.672. The smallest absolute Gasteiger partial charge is 0.337 e. The Bertz CT molecular complexity index is 996. The van der Waals surface area contributed by atoms with E-state index < -0.39 is 5.97 Å². The van der Waals surface area contributed by atoms with Gasteiger partial charge in [0, 0.05) is 17.8 Å². The van der Waals surface area contributed by atoms with Crippen LogP contribution >= 0.6 is 0 Å². The molecule has 1 atom stereocenters. The molecule has 3 heteroatoms. The van der Waals surface area contributed by atoms with Crippen molar-refractivity contribution in [2.24, 2.45) is 0 Å². The molecule has 0 amide bonds. The van der Waals surface area contributed by atoms with Gasteiger partial charge in [-0.05, 0) is 83.4 Å². The summed E-state index contributed by atoms with van der Waals surface area (Å²) in [6.45, 7) is 11.7. The molecule has 3 nitrogen and oxygen atoms in total. The van der Waals surface area contributed by atoms with E-state index in [1.165, 1.54) is 46.9 Å². The molecule has 1 aromatic heterocycles. The molecule has 1 N–H and O–H groups in total. The number of hydrogen-bond donors (Lipinski definition) is 1. The van der Waals surface area contributed by atoms with Gasteiger partial charge in [0.1, 0.15) is 0 Å². The second-order valence-electron chi connectivity index (χ2n) is 10.1. The number of aromatic nitrogens is 1. The highest BCUT2D eigenvalue weighted by molar-refractivity contribution is 5.87. The Balaban J connectivity index is 1.70. The van der Waals surface area contributed by atoms with Crippen LogP contribution in [-0.2, 0) is 10.8 Å². The quantitative estimate of drug-likeness (QED) is 0.661. The van der Waals surface area contributed by atoms with E-state index in [0.717, 1.165) is 18.5 Å². The Hall–Kier alpha value is -2.42. The number of fused-ring (bicyclic) bond motifs is 1. The predicted octanol–water partition coefficient (Wildman–Crippen LogP) is 6.40. The van der Waals surface area contributed by atoms with E-state index >= 15 is 0 Å². The molecule has 0 radical (unpaired) electrons. The van der Waals surface area contributed by atoms with Gasteiger partial charge in [-0.1, -0.05) is 45.9 Å². The molecule has 0 fully saturated rings. The first-order chi connectivity index (χ1) is 13.6. The molecule has 1 heterocycles. The predicted molar refractivity (Wildman–Crippen MR) is 118 cm³/mol. The zero-order valence-corrected chi connectivity index (χ0v) is 18.2. The number of nitrogens with zero attached hydrogens (tertiary/aromatic N) is 1. The minimum atomic E-state index is -0.929. The highest BCUT2D eigenvalue weighted by Gasteiger charge is 2.37. The van der Waals surface area contributed by atoms with Crippen molar-refractivity contribution in [1.82, 2.24) is 4.98 Å². The number of allylic oxidation sites excluding steroid dienone is 2. The van der Waals surface area contributed by atoms with Crippen molar-refractivity contribution in [3.63, 3.8) is 0 Å². The van der Waals surface area contributed by atoms with Gasteiger partial charge in [0.25, 0.3) is 0 Å². The van der Waals surface area contributed by atoms with Crippen molar-refractivity contribution in [3.05, 3.63) is 70.0 Å². The van der Waals surface area contributed by atoms with E-state index in [1.54, 1.807) is 6.07 Å². The maximum absolute atomic E-state index is 11.1. The lowest BCUT2D eigenvalue weighted by Gasteiger charge is -2.42. The van der Waals surface area contributed by atoms with Gasteiger partial charge in [0.05, 0.1) is 5.56 Å². The van der Waals surface area contributed by atoms with E-state index in [0.29, 0.717) is 0 Å². The van der Waals surface area contributed by atoms with Crippen LogP contribution in [0.1, 0.15) is 97.6 Å². The maximum atomic E-state index is 11.1. The summed E-state index contributed by atoms with van der Waals surface area (Å²) in [5.41, 5.74) is 8.79. The standard InChI is InChI=1S/C26H31NO2/c1-16-12-21-22(26(4,5)11-10-25(21,2)3)14-20(16)17-6-7-18(13-17)23-9-8-19(15-27-23)24(28)29/h8-9,12-15,18H,6-7,10-11H2,1-5H3,(H,28,29). The van der Waals surface area contributed by atoms with E-state index in [4.69, 9.17) is 5.11 Å². The summed E-state index contributed by atoms with van der Waals surface area (Å²) in [5, 5.41) is 9.09. The van der Waals surface area contributed by atoms with Gasteiger partial charge in [0.15, 0.2) is 0 Å². The molecule has 2 aliphatic rings. The second-order valence-corrected chi connectivity index (χ2v) is 10.1. The van der Waals surface area contributed by atoms with Crippen molar-refractivity contribution >= 4 is 11.5 Å². The largest absolute Gasteiger partial charge is 0.478 e. The number of hydrogen-bond acceptors (Lipinski definition) is 2. The summed E-state index contributed by atoms with van der Waals surface area (Å²) in [4.78, 5) is 15.5. The first kappa shape index (κ1) is 19.9. The molecule has 1 aromatic carbocycles. The van der Waals surface area contributed by atoms with Gasteiger partial charge in [-0.25, -0.2) is 4.79 Å².